The number of hydrogen-bond acceptors (Lipinski definition) is 3. The molecule has 0 fully saturated rings. The van der Waals surface area contributed by atoms with E-state index in [9.17, 15) is 5.11 Å². The monoisotopic (exact) mass is 325 g/mol. The summed E-state index contributed by atoms with van der Waals surface area (Å²) < 4.78 is 1.11. The molecular formula is C14H16BrNOS. The van der Waals surface area contributed by atoms with Gasteiger partial charge in [-0.3, -0.25) is 0 Å². The van der Waals surface area contributed by atoms with Crippen LogP contribution in [0.1, 0.15) is 16.3 Å². The number of aliphatic hydroxyl groups excluding tert-OH is 1. The van der Waals surface area contributed by atoms with E-state index < -0.39 is 0 Å². The second-order valence-electron chi connectivity index (χ2n) is 4.43. The third-order valence-corrected chi connectivity index (χ3v) is 4.62. The summed E-state index contributed by atoms with van der Waals surface area (Å²) in [4.78, 5) is 4.46. The Balaban J connectivity index is 2.04. The Morgan fingerprint density at radius 2 is 2.11 bits per heavy atom. The molecule has 2 rings (SSSR count). The molecule has 4 heteroatoms. The van der Waals surface area contributed by atoms with Crippen LogP contribution in [0.15, 0.2) is 34.1 Å². The molecule has 0 radical (unpaired) electrons. The fraction of sp³-hybridized carbons (Fsp3) is 0.357. The zero-order valence-electron chi connectivity index (χ0n) is 10.3. The van der Waals surface area contributed by atoms with E-state index in [1.807, 2.05) is 25.1 Å². The number of hydrogen-bond donors (Lipinski definition) is 1. The summed E-state index contributed by atoms with van der Waals surface area (Å²) in [5.74, 6) is 0.231. The second kappa shape index (κ2) is 6.45. The number of aliphatic hydroxyl groups is 1. The molecule has 0 bridgehead atoms. The van der Waals surface area contributed by atoms with Crippen LogP contribution in [0.5, 0.6) is 0 Å². The number of halogens is 1. The maximum absolute atomic E-state index is 9.51. The lowest BCUT2D eigenvalue weighted by Gasteiger charge is -2.13. The summed E-state index contributed by atoms with van der Waals surface area (Å²) in [6.45, 7) is 2.20. The molecule has 0 aliphatic heterocycles. The van der Waals surface area contributed by atoms with E-state index in [0.717, 1.165) is 28.0 Å². The summed E-state index contributed by atoms with van der Waals surface area (Å²) in [6.07, 6.45) is 1.72. The average Bonchev–Trinajstić information content (AvgIpc) is 2.76. The number of benzene rings is 1. The predicted molar refractivity (Wildman–Crippen MR) is 79.0 cm³/mol. The van der Waals surface area contributed by atoms with Gasteiger partial charge in [0.15, 0.2) is 0 Å². The van der Waals surface area contributed by atoms with Gasteiger partial charge in [-0.2, -0.15) is 0 Å². The lowest BCUT2D eigenvalue weighted by molar-refractivity contribution is 0.224. The van der Waals surface area contributed by atoms with Gasteiger partial charge in [0.05, 0.1) is 5.01 Å². The predicted octanol–water partition coefficient (Wildman–Crippen LogP) is 3.61. The molecule has 0 amide bonds. The van der Waals surface area contributed by atoms with Gasteiger partial charge in [0.2, 0.25) is 0 Å². The lowest BCUT2D eigenvalue weighted by atomic mass is 9.97. The average molecular weight is 326 g/mol. The molecule has 96 valence electrons. The van der Waals surface area contributed by atoms with E-state index in [4.69, 9.17) is 0 Å². The van der Waals surface area contributed by atoms with Gasteiger partial charge in [0.1, 0.15) is 0 Å². The van der Waals surface area contributed by atoms with Gasteiger partial charge in [-0.05, 0) is 30.9 Å². The number of rotatable bonds is 5. The van der Waals surface area contributed by atoms with Crippen LogP contribution in [0.2, 0.25) is 0 Å². The largest absolute Gasteiger partial charge is 0.396 e. The normalized spacial score (nSPS) is 12.6. The van der Waals surface area contributed by atoms with Gasteiger partial charge in [0, 0.05) is 28.6 Å². The highest BCUT2D eigenvalue weighted by Crippen LogP contribution is 2.22. The van der Waals surface area contributed by atoms with E-state index in [-0.39, 0.29) is 12.5 Å². The SMILES string of the molecule is Cc1csc(CC(CO)Cc2ccccc2Br)n1. The Morgan fingerprint density at radius 3 is 2.72 bits per heavy atom. The van der Waals surface area contributed by atoms with E-state index in [1.165, 1.54) is 5.56 Å². The molecule has 0 saturated heterocycles. The Labute approximate surface area is 120 Å². The molecule has 1 N–H and O–H groups in total. The summed E-state index contributed by atoms with van der Waals surface area (Å²) in [6, 6.07) is 8.17. The molecule has 2 aromatic rings. The van der Waals surface area contributed by atoms with Gasteiger partial charge < -0.3 is 5.11 Å². The van der Waals surface area contributed by atoms with Crippen molar-refractivity contribution in [2.75, 3.05) is 6.61 Å². The van der Waals surface area contributed by atoms with E-state index in [1.54, 1.807) is 11.3 Å². The standard InChI is InChI=1S/C14H16BrNOS/c1-10-9-18-14(16-10)7-11(8-17)6-12-4-2-3-5-13(12)15/h2-5,9,11,17H,6-8H2,1H3. The van der Waals surface area contributed by atoms with E-state index >= 15 is 0 Å². The Hall–Kier alpha value is -0.710. The third kappa shape index (κ3) is 3.64. The highest BCUT2D eigenvalue weighted by Gasteiger charge is 2.13. The zero-order valence-corrected chi connectivity index (χ0v) is 12.7. The third-order valence-electron chi connectivity index (χ3n) is 2.85. The number of aryl methyl sites for hydroxylation is 1. The Bertz CT molecular complexity index is 512. The summed E-state index contributed by atoms with van der Waals surface area (Å²) in [5.41, 5.74) is 2.30. The molecule has 1 heterocycles. The van der Waals surface area contributed by atoms with Crippen molar-refractivity contribution in [1.29, 1.82) is 0 Å². The number of nitrogens with zero attached hydrogens (tertiary/aromatic N) is 1. The Kier molecular flexibility index (Phi) is 4.92. The first-order valence-electron chi connectivity index (χ1n) is 5.94. The fourth-order valence-electron chi connectivity index (χ4n) is 1.92. The van der Waals surface area contributed by atoms with Crippen molar-refractivity contribution in [3.63, 3.8) is 0 Å². The molecule has 1 unspecified atom stereocenters. The lowest BCUT2D eigenvalue weighted by Crippen LogP contribution is -2.13. The van der Waals surface area contributed by atoms with Crippen molar-refractivity contribution in [3.8, 4) is 0 Å². The quantitative estimate of drug-likeness (QED) is 0.910. The van der Waals surface area contributed by atoms with Gasteiger partial charge in [-0.1, -0.05) is 34.1 Å². The summed E-state index contributed by atoms with van der Waals surface area (Å²) in [5, 5.41) is 12.7. The van der Waals surface area contributed by atoms with E-state index in [2.05, 4.69) is 32.4 Å². The van der Waals surface area contributed by atoms with Crippen LogP contribution in [0.25, 0.3) is 0 Å². The van der Waals surface area contributed by atoms with Crippen LogP contribution < -0.4 is 0 Å². The second-order valence-corrected chi connectivity index (χ2v) is 6.23. The minimum absolute atomic E-state index is 0.194. The van der Waals surface area contributed by atoms with Gasteiger partial charge in [-0.25, -0.2) is 4.98 Å². The van der Waals surface area contributed by atoms with Crippen LogP contribution in [0.3, 0.4) is 0 Å². The molecular weight excluding hydrogens is 310 g/mol. The molecule has 0 aliphatic carbocycles. The van der Waals surface area contributed by atoms with E-state index in [0.29, 0.717) is 0 Å². The summed E-state index contributed by atoms with van der Waals surface area (Å²) >= 11 is 5.22. The number of thiazole rings is 1. The van der Waals surface area contributed by atoms with Gasteiger partial charge >= 0.3 is 0 Å². The maximum Gasteiger partial charge on any atom is 0.0931 e. The van der Waals surface area contributed by atoms with Crippen LogP contribution in [0, 0.1) is 12.8 Å². The molecule has 1 atom stereocenters. The molecule has 0 spiro atoms. The zero-order chi connectivity index (χ0) is 13.0. The van der Waals surface area contributed by atoms with Crippen molar-refractivity contribution < 1.29 is 5.11 Å². The van der Waals surface area contributed by atoms with Crippen molar-refractivity contribution in [2.24, 2.45) is 5.92 Å². The maximum atomic E-state index is 9.51. The van der Waals surface area contributed by atoms with Crippen molar-refractivity contribution >= 4 is 27.3 Å². The minimum Gasteiger partial charge on any atom is -0.396 e. The van der Waals surface area contributed by atoms with Crippen molar-refractivity contribution in [1.82, 2.24) is 4.98 Å². The molecule has 0 aliphatic rings. The first-order valence-corrected chi connectivity index (χ1v) is 7.61. The molecule has 1 aromatic carbocycles. The molecule has 0 saturated carbocycles. The molecule has 18 heavy (non-hydrogen) atoms. The highest BCUT2D eigenvalue weighted by atomic mass is 79.9. The van der Waals surface area contributed by atoms with Crippen LogP contribution in [0.4, 0.5) is 0 Å². The van der Waals surface area contributed by atoms with Crippen LogP contribution in [-0.4, -0.2) is 16.7 Å². The first kappa shape index (κ1) is 13.7. The van der Waals surface area contributed by atoms with Gasteiger partial charge in [0.25, 0.3) is 0 Å². The van der Waals surface area contributed by atoms with Crippen LogP contribution >= 0.6 is 27.3 Å². The molecule has 2 nitrogen and oxygen atoms in total. The smallest absolute Gasteiger partial charge is 0.0931 e. The highest BCUT2D eigenvalue weighted by molar-refractivity contribution is 9.10. The number of aromatic nitrogens is 1. The Morgan fingerprint density at radius 1 is 1.33 bits per heavy atom. The van der Waals surface area contributed by atoms with Gasteiger partial charge in [-0.15, -0.1) is 11.3 Å². The molecule has 1 aromatic heterocycles. The first-order chi connectivity index (χ1) is 8.69. The van der Waals surface area contributed by atoms with Crippen molar-refractivity contribution in [3.05, 3.63) is 50.4 Å². The topological polar surface area (TPSA) is 33.1 Å². The van der Waals surface area contributed by atoms with Crippen LogP contribution in [-0.2, 0) is 12.8 Å². The minimum atomic E-state index is 0.194. The van der Waals surface area contributed by atoms with Crippen molar-refractivity contribution in [2.45, 2.75) is 19.8 Å². The summed E-state index contributed by atoms with van der Waals surface area (Å²) in [7, 11) is 0. The fourth-order valence-corrected chi connectivity index (χ4v) is 3.25.